The zero-order valence-electron chi connectivity index (χ0n) is 17.0. The minimum absolute atomic E-state index is 0.0243. The molecule has 0 bridgehead atoms. The molecule has 2 rings (SSSR count). The van der Waals surface area contributed by atoms with Gasteiger partial charge in [0.05, 0.1) is 12.5 Å². The Morgan fingerprint density at radius 1 is 1.00 bits per heavy atom. The predicted octanol–water partition coefficient (Wildman–Crippen LogP) is -1.17. The largest absolute Gasteiger partial charge is 0.481 e. The van der Waals surface area contributed by atoms with Crippen molar-refractivity contribution < 1.29 is 34.2 Å². The van der Waals surface area contributed by atoms with E-state index in [1.807, 2.05) is 12.1 Å². The third kappa shape index (κ3) is 6.80. The number of fused-ring (bicyclic) bond motifs is 1. The molecule has 0 saturated heterocycles. The molecular formula is C20H25N5O7. The number of para-hydroxylation sites is 1. The lowest BCUT2D eigenvalue weighted by molar-refractivity contribution is -0.147. The summed E-state index contributed by atoms with van der Waals surface area (Å²) in [5.74, 6) is -5.21. The quantitative estimate of drug-likeness (QED) is 0.210. The van der Waals surface area contributed by atoms with E-state index in [1.54, 1.807) is 18.3 Å². The first kappa shape index (κ1) is 24.3. The summed E-state index contributed by atoms with van der Waals surface area (Å²) < 4.78 is 0. The van der Waals surface area contributed by atoms with Crippen molar-refractivity contribution in [1.82, 2.24) is 15.6 Å². The Morgan fingerprint density at radius 3 is 2.28 bits per heavy atom. The molecule has 12 heteroatoms. The van der Waals surface area contributed by atoms with Crippen LogP contribution in [0.1, 0.15) is 24.8 Å². The second-order valence-corrected chi connectivity index (χ2v) is 7.23. The predicted molar refractivity (Wildman–Crippen MR) is 112 cm³/mol. The van der Waals surface area contributed by atoms with Gasteiger partial charge in [0.15, 0.2) is 0 Å². The van der Waals surface area contributed by atoms with Gasteiger partial charge in [0.1, 0.15) is 12.1 Å². The van der Waals surface area contributed by atoms with E-state index in [9.17, 15) is 29.1 Å². The highest BCUT2D eigenvalue weighted by atomic mass is 16.4. The van der Waals surface area contributed by atoms with E-state index >= 15 is 0 Å². The van der Waals surface area contributed by atoms with E-state index in [1.165, 1.54) is 0 Å². The molecule has 0 aliphatic rings. The lowest BCUT2D eigenvalue weighted by Gasteiger charge is -2.22. The van der Waals surface area contributed by atoms with Gasteiger partial charge in [0.25, 0.3) is 0 Å². The van der Waals surface area contributed by atoms with Gasteiger partial charge in [0, 0.05) is 29.9 Å². The first-order chi connectivity index (χ1) is 15.1. The number of hydrogen-bond acceptors (Lipinski definition) is 6. The fourth-order valence-corrected chi connectivity index (χ4v) is 3.08. The number of carbonyl (C=O) groups is 5. The summed E-state index contributed by atoms with van der Waals surface area (Å²) in [5.41, 5.74) is 12.3. The average molecular weight is 447 g/mol. The molecule has 32 heavy (non-hydrogen) atoms. The summed E-state index contributed by atoms with van der Waals surface area (Å²) in [6.45, 7) is 0. The van der Waals surface area contributed by atoms with Crippen LogP contribution in [0.25, 0.3) is 10.9 Å². The molecule has 0 spiro atoms. The van der Waals surface area contributed by atoms with Crippen LogP contribution in [0, 0.1) is 0 Å². The number of aromatic nitrogens is 1. The number of aliphatic carboxylic acids is 2. The Balaban J connectivity index is 2.23. The number of carboxylic acids is 2. The van der Waals surface area contributed by atoms with Crippen molar-refractivity contribution in [2.75, 3.05) is 0 Å². The van der Waals surface area contributed by atoms with Gasteiger partial charge in [-0.05, 0) is 18.1 Å². The van der Waals surface area contributed by atoms with Crippen molar-refractivity contribution in [2.45, 2.75) is 43.8 Å². The summed E-state index contributed by atoms with van der Waals surface area (Å²) in [6.07, 6.45) is 0.611. The zero-order chi connectivity index (χ0) is 23.8. The van der Waals surface area contributed by atoms with E-state index in [0.717, 1.165) is 10.9 Å². The number of carboxylic acid groups (broad SMARTS) is 2. The molecule has 3 amide bonds. The van der Waals surface area contributed by atoms with Crippen molar-refractivity contribution in [3.05, 3.63) is 36.0 Å². The van der Waals surface area contributed by atoms with Crippen LogP contribution < -0.4 is 22.1 Å². The molecule has 12 nitrogen and oxygen atoms in total. The van der Waals surface area contributed by atoms with Crippen LogP contribution in [-0.4, -0.2) is 63.0 Å². The molecule has 3 unspecified atom stereocenters. The molecule has 1 heterocycles. The van der Waals surface area contributed by atoms with Crippen molar-refractivity contribution in [3.8, 4) is 0 Å². The highest BCUT2D eigenvalue weighted by molar-refractivity contribution is 5.94. The minimum Gasteiger partial charge on any atom is -0.481 e. The molecule has 2 aromatic rings. The highest BCUT2D eigenvalue weighted by Crippen LogP contribution is 2.19. The smallest absolute Gasteiger partial charge is 0.326 e. The normalized spacial score (nSPS) is 13.7. The molecule has 9 N–H and O–H groups in total. The van der Waals surface area contributed by atoms with E-state index in [0.29, 0.717) is 5.56 Å². The molecule has 1 aromatic heterocycles. The Bertz CT molecular complexity index is 1020. The van der Waals surface area contributed by atoms with Crippen molar-refractivity contribution in [3.63, 3.8) is 0 Å². The summed E-state index contributed by atoms with van der Waals surface area (Å²) in [4.78, 5) is 61.5. The maximum absolute atomic E-state index is 12.8. The van der Waals surface area contributed by atoms with Crippen molar-refractivity contribution >= 4 is 40.6 Å². The second kappa shape index (κ2) is 10.9. The van der Waals surface area contributed by atoms with Gasteiger partial charge >= 0.3 is 11.9 Å². The fraction of sp³-hybridized carbons (Fsp3) is 0.350. The molecular weight excluding hydrogens is 422 g/mol. The fourth-order valence-electron chi connectivity index (χ4n) is 3.08. The van der Waals surface area contributed by atoms with Gasteiger partial charge in [-0.2, -0.15) is 0 Å². The Kier molecular flexibility index (Phi) is 8.30. The van der Waals surface area contributed by atoms with Crippen LogP contribution in [0.3, 0.4) is 0 Å². The van der Waals surface area contributed by atoms with Crippen LogP contribution in [0.4, 0.5) is 0 Å². The number of H-pyrrole nitrogens is 1. The van der Waals surface area contributed by atoms with Crippen LogP contribution >= 0.6 is 0 Å². The molecule has 3 atom stereocenters. The summed E-state index contributed by atoms with van der Waals surface area (Å²) in [6, 6.07) is 3.16. The third-order valence-corrected chi connectivity index (χ3v) is 4.76. The van der Waals surface area contributed by atoms with Crippen LogP contribution in [-0.2, 0) is 30.4 Å². The number of hydrogen-bond donors (Lipinski definition) is 7. The maximum Gasteiger partial charge on any atom is 0.326 e. The average Bonchev–Trinajstić information content (AvgIpc) is 3.13. The number of carbonyl (C=O) groups excluding carboxylic acids is 3. The Hall–Kier alpha value is -3.93. The Morgan fingerprint density at radius 2 is 1.66 bits per heavy atom. The standard InChI is InChI=1S/C20H25N5O7/c21-12(5-6-16(22)26)18(29)24-14(19(30)25-15(20(31)32)8-17(27)28)7-10-9-23-13-4-2-1-3-11(10)13/h1-4,9,12,14-15,23H,5-8,21H2,(H2,22,26)(H,24,29)(H,25,30)(H,27,28)(H,31,32). The summed E-state index contributed by atoms with van der Waals surface area (Å²) in [5, 5.41) is 23.5. The molecule has 0 radical (unpaired) electrons. The molecule has 0 fully saturated rings. The number of aromatic amines is 1. The number of nitrogens with two attached hydrogens (primary N) is 2. The number of rotatable bonds is 12. The lowest BCUT2D eigenvalue weighted by atomic mass is 10.0. The summed E-state index contributed by atoms with van der Waals surface area (Å²) in [7, 11) is 0. The van der Waals surface area contributed by atoms with Crippen LogP contribution in [0.15, 0.2) is 30.5 Å². The molecule has 1 aromatic carbocycles. The number of primary amides is 1. The zero-order valence-corrected chi connectivity index (χ0v) is 17.0. The highest BCUT2D eigenvalue weighted by Gasteiger charge is 2.30. The third-order valence-electron chi connectivity index (χ3n) is 4.76. The van der Waals surface area contributed by atoms with E-state index in [2.05, 4.69) is 15.6 Å². The molecule has 172 valence electrons. The number of benzene rings is 1. The Labute approximate surface area is 182 Å². The minimum atomic E-state index is -1.69. The van der Waals surface area contributed by atoms with Gasteiger partial charge in [-0.25, -0.2) is 4.79 Å². The molecule has 0 aliphatic heterocycles. The number of amides is 3. The first-order valence-electron chi connectivity index (χ1n) is 9.72. The lowest BCUT2D eigenvalue weighted by Crippen LogP contribution is -2.55. The monoisotopic (exact) mass is 447 g/mol. The van der Waals surface area contributed by atoms with Gasteiger partial charge in [-0.1, -0.05) is 18.2 Å². The van der Waals surface area contributed by atoms with Crippen molar-refractivity contribution in [2.24, 2.45) is 11.5 Å². The second-order valence-electron chi connectivity index (χ2n) is 7.23. The van der Waals surface area contributed by atoms with E-state index < -0.39 is 54.2 Å². The summed E-state index contributed by atoms with van der Waals surface area (Å²) >= 11 is 0. The van der Waals surface area contributed by atoms with E-state index in [-0.39, 0.29) is 19.3 Å². The van der Waals surface area contributed by atoms with Crippen LogP contribution in [0.2, 0.25) is 0 Å². The van der Waals surface area contributed by atoms with E-state index in [4.69, 9.17) is 16.6 Å². The van der Waals surface area contributed by atoms with Gasteiger partial charge in [-0.3, -0.25) is 19.2 Å². The van der Waals surface area contributed by atoms with Gasteiger partial charge in [-0.15, -0.1) is 0 Å². The molecule has 0 saturated carbocycles. The van der Waals surface area contributed by atoms with Crippen molar-refractivity contribution in [1.29, 1.82) is 0 Å². The van der Waals surface area contributed by atoms with Crippen LogP contribution in [0.5, 0.6) is 0 Å². The topological polar surface area (TPSA) is 218 Å². The van der Waals surface area contributed by atoms with Gasteiger partial charge in [0.2, 0.25) is 17.7 Å². The number of nitrogens with one attached hydrogen (secondary N) is 3. The first-order valence-corrected chi connectivity index (χ1v) is 9.72. The maximum atomic E-state index is 12.8. The SMILES string of the molecule is NC(=O)CCC(N)C(=O)NC(Cc1c[nH]c2ccccc12)C(=O)NC(CC(=O)O)C(=O)O. The van der Waals surface area contributed by atoms with Gasteiger partial charge < -0.3 is 37.3 Å². The molecule has 0 aliphatic carbocycles.